The molecule has 0 aromatic carbocycles. The van der Waals surface area contributed by atoms with Crippen molar-refractivity contribution in [3.05, 3.63) is 23.9 Å². The van der Waals surface area contributed by atoms with Crippen molar-refractivity contribution in [1.29, 1.82) is 0 Å². The Bertz CT molecular complexity index is 686. The van der Waals surface area contributed by atoms with Gasteiger partial charge in [0.1, 0.15) is 5.60 Å². The zero-order chi connectivity index (χ0) is 20.6. The molecule has 5 nitrogen and oxygen atoms in total. The van der Waals surface area contributed by atoms with Crippen LogP contribution in [0.25, 0.3) is 0 Å². The maximum atomic E-state index is 12.6. The van der Waals surface area contributed by atoms with E-state index in [1.165, 1.54) is 6.07 Å². The molecule has 156 valence electrons. The van der Waals surface area contributed by atoms with E-state index in [1.54, 1.807) is 0 Å². The van der Waals surface area contributed by atoms with Gasteiger partial charge in [0.2, 0.25) is 11.8 Å². The minimum Gasteiger partial charge on any atom is -0.471 e. The van der Waals surface area contributed by atoms with Gasteiger partial charge in [-0.3, -0.25) is 4.79 Å². The van der Waals surface area contributed by atoms with Gasteiger partial charge in [0, 0.05) is 30.8 Å². The Morgan fingerprint density at radius 3 is 2.39 bits per heavy atom. The number of halogens is 3. The van der Waals surface area contributed by atoms with Crippen LogP contribution in [-0.2, 0) is 11.0 Å². The first kappa shape index (κ1) is 20.9. The number of rotatable bonds is 5. The van der Waals surface area contributed by atoms with Gasteiger partial charge >= 0.3 is 6.18 Å². The van der Waals surface area contributed by atoms with Crippen LogP contribution in [0.4, 0.5) is 13.2 Å². The van der Waals surface area contributed by atoms with Crippen molar-refractivity contribution in [2.45, 2.75) is 57.7 Å². The summed E-state index contributed by atoms with van der Waals surface area (Å²) in [5, 5.41) is 9.30. The number of hydrogen-bond donors (Lipinski definition) is 1. The summed E-state index contributed by atoms with van der Waals surface area (Å²) in [7, 11) is 0. The van der Waals surface area contributed by atoms with Crippen LogP contribution in [-0.4, -0.2) is 46.2 Å². The molecule has 1 amide bonds. The fourth-order valence-electron chi connectivity index (χ4n) is 4.15. The van der Waals surface area contributed by atoms with E-state index in [1.807, 2.05) is 18.7 Å². The minimum atomic E-state index is -4.41. The smallest absolute Gasteiger partial charge is 0.417 e. The number of nitrogens with zero attached hydrogens (tertiary/aromatic N) is 2. The maximum Gasteiger partial charge on any atom is 0.417 e. The molecule has 1 aromatic rings. The van der Waals surface area contributed by atoms with Crippen LogP contribution in [0.15, 0.2) is 18.3 Å². The summed E-state index contributed by atoms with van der Waals surface area (Å²) in [5.41, 5.74) is -1.17. The predicted octanol–water partition coefficient (Wildman–Crippen LogP) is 3.66. The van der Waals surface area contributed by atoms with Crippen molar-refractivity contribution in [1.82, 2.24) is 9.88 Å². The molecule has 0 bridgehead atoms. The van der Waals surface area contributed by atoms with Crippen molar-refractivity contribution in [3.8, 4) is 5.88 Å². The summed E-state index contributed by atoms with van der Waals surface area (Å²) >= 11 is 0. The number of hydrogen-bond acceptors (Lipinski definition) is 4. The Morgan fingerprint density at radius 2 is 1.93 bits per heavy atom. The van der Waals surface area contributed by atoms with Crippen LogP contribution in [0, 0.1) is 11.3 Å². The monoisotopic (exact) mass is 400 g/mol. The summed E-state index contributed by atoms with van der Waals surface area (Å²) < 4.78 is 43.9. The third-order valence-corrected chi connectivity index (χ3v) is 6.21. The lowest BCUT2D eigenvalue weighted by molar-refractivity contribution is -0.154. The van der Waals surface area contributed by atoms with Gasteiger partial charge in [-0.1, -0.05) is 6.92 Å². The molecule has 28 heavy (non-hydrogen) atoms. The SMILES string of the molecule is CC[C@H](CO)C(=O)N1CC2(CCC(C)(Oc3ccc(C(F)(F)F)cn3)CC2)C1. The molecule has 1 spiro atoms. The van der Waals surface area contributed by atoms with Gasteiger partial charge in [-0.15, -0.1) is 0 Å². The molecule has 3 rings (SSSR count). The summed E-state index contributed by atoms with van der Waals surface area (Å²) in [5.74, 6) is -0.0972. The molecule has 1 saturated heterocycles. The highest BCUT2D eigenvalue weighted by molar-refractivity contribution is 5.80. The Morgan fingerprint density at radius 1 is 1.29 bits per heavy atom. The fourth-order valence-corrected chi connectivity index (χ4v) is 4.15. The van der Waals surface area contributed by atoms with Gasteiger partial charge in [-0.05, 0) is 45.1 Å². The average molecular weight is 400 g/mol. The Labute approximate surface area is 162 Å². The zero-order valence-corrected chi connectivity index (χ0v) is 16.3. The van der Waals surface area contributed by atoms with Gasteiger partial charge in [-0.25, -0.2) is 4.98 Å². The lowest BCUT2D eigenvalue weighted by Crippen LogP contribution is -2.62. The Kier molecular flexibility index (Phi) is 5.62. The first-order valence-corrected chi connectivity index (χ1v) is 9.72. The topological polar surface area (TPSA) is 62.7 Å². The molecule has 1 aliphatic carbocycles. The summed E-state index contributed by atoms with van der Waals surface area (Å²) in [6.07, 6.45) is 0.319. The van der Waals surface area contributed by atoms with Crippen LogP contribution in [0.1, 0.15) is 51.5 Å². The minimum absolute atomic E-state index is 0.0224. The van der Waals surface area contributed by atoms with Gasteiger partial charge in [0.05, 0.1) is 18.1 Å². The highest BCUT2D eigenvalue weighted by atomic mass is 19.4. The van der Waals surface area contributed by atoms with E-state index in [0.29, 0.717) is 19.5 Å². The van der Waals surface area contributed by atoms with E-state index in [-0.39, 0.29) is 29.7 Å². The molecule has 2 heterocycles. The number of carbonyl (C=O) groups is 1. The molecule has 1 aromatic heterocycles. The van der Waals surface area contributed by atoms with E-state index in [0.717, 1.165) is 37.9 Å². The molecular weight excluding hydrogens is 373 g/mol. The molecule has 1 saturated carbocycles. The van der Waals surface area contributed by atoms with Crippen LogP contribution in [0.2, 0.25) is 0 Å². The number of amides is 1. The Balaban J connectivity index is 1.53. The molecular formula is C20H27F3N2O3. The highest BCUT2D eigenvalue weighted by Gasteiger charge is 2.50. The molecule has 1 aliphatic heterocycles. The lowest BCUT2D eigenvalue weighted by Gasteiger charge is -2.55. The molecule has 2 fully saturated rings. The summed E-state index contributed by atoms with van der Waals surface area (Å²) in [6, 6.07) is 2.25. The number of likely N-dealkylation sites (tertiary alicyclic amines) is 1. The highest BCUT2D eigenvalue weighted by Crippen LogP contribution is 2.48. The molecule has 0 unspecified atom stereocenters. The number of ether oxygens (including phenoxy) is 1. The molecule has 0 radical (unpaired) electrons. The first-order chi connectivity index (χ1) is 13.1. The zero-order valence-electron chi connectivity index (χ0n) is 16.3. The second-order valence-electron chi connectivity index (χ2n) is 8.42. The van der Waals surface area contributed by atoms with Crippen LogP contribution >= 0.6 is 0 Å². The third-order valence-electron chi connectivity index (χ3n) is 6.21. The van der Waals surface area contributed by atoms with Crippen LogP contribution < -0.4 is 4.74 Å². The molecule has 1 N–H and O–H groups in total. The summed E-state index contributed by atoms with van der Waals surface area (Å²) in [6.45, 7) is 5.14. The standard InChI is InChI=1S/C20H27F3N2O3/c1-3-14(11-26)17(27)25-12-19(13-25)8-6-18(2,7-9-19)28-16-5-4-15(10-24-16)20(21,22)23/h4-5,10,14,26H,3,6-9,11-13H2,1-2H3/t14-/m1/s1. The number of aromatic nitrogens is 1. The number of pyridine rings is 1. The first-order valence-electron chi connectivity index (χ1n) is 9.72. The third kappa shape index (κ3) is 4.26. The van der Waals surface area contributed by atoms with Gasteiger partial charge in [0.15, 0.2) is 0 Å². The number of aliphatic hydroxyl groups is 1. The fraction of sp³-hybridized carbons (Fsp3) is 0.700. The number of aliphatic hydroxyl groups excluding tert-OH is 1. The van der Waals surface area contributed by atoms with Crippen molar-refractivity contribution in [2.75, 3.05) is 19.7 Å². The number of alkyl halides is 3. The average Bonchev–Trinajstić information content (AvgIpc) is 2.61. The van der Waals surface area contributed by atoms with Crippen molar-refractivity contribution in [2.24, 2.45) is 11.3 Å². The Hall–Kier alpha value is -1.83. The molecule has 8 heteroatoms. The number of carbonyl (C=O) groups excluding carboxylic acids is 1. The van der Waals surface area contributed by atoms with Crippen molar-refractivity contribution >= 4 is 5.91 Å². The molecule has 1 atom stereocenters. The summed E-state index contributed by atoms with van der Waals surface area (Å²) in [4.78, 5) is 18.0. The second kappa shape index (κ2) is 7.54. The maximum absolute atomic E-state index is 12.6. The lowest BCUT2D eigenvalue weighted by atomic mass is 9.64. The van der Waals surface area contributed by atoms with Gasteiger partial charge in [-0.2, -0.15) is 13.2 Å². The molecule has 2 aliphatic rings. The van der Waals surface area contributed by atoms with E-state index in [9.17, 15) is 23.1 Å². The normalized spacial score (nSPS) is 21.9. The van der Waals surface area contributed by atoms with Gasteiger partial charge in [0.25, 0.3) is 0 Å². The second-order valence-corrected chi connectivity index (χ2v) is 8.42. The van der Waals surface area contributed by atoms with E-state index in [4.69, 9.17) is 4.74 Å². The largest absolute Gasteiger partial charge is 0.471 e. The van der Waals surface area contributed by atoms with E-state index >= 15 is 0 Å². The van der Waals surface area contributed by atoms with Crippen molar-refractivity contribution in [3.63, 3.8) is 0 Å². The predicted molar refractivity (Wildman–Crippen MR) is 96.6 cm³/mol. The van der Waals surface area contributed by atoms with Crippen LogP contribution in [0.3, 0.4) is 0 Å². The van der Waals surface area contributed by atoms with Gasteiger partial charge < -0.3 is 14.7 Å². The van der Waals surface area contributed by atoms with E-state index in [2.05, 4.69) is 4.98 Å². The van der Waals surface area contributed by atoms with Crippen molar-refractivity contribution < 1.29 is 27.8 Å². The van der Waals surface area contributed by atoms with E-state index < -0.39 is 17.3 Å². The quantitative estimate of drug-likeness (QED) is 0.819. The van der Waals surface area contributed by atoms with Crippen LogP contribution in [0.5, 0.6) is 5.88 Å².